The number of carbonyl (C=O) groups is 2. The van der Waals surface area contributed by atoms with E-state index in [2.05, 4.69) is 53.3 Å². The Morgan fingerprint density at radius 1 is 0.635 bits per heavy atom. The van der Waals surface area contributed by atoms with E-state index < -0.39 is 0 Å². The molecule has 376 valence electrons. The van der Waals surface area contributed by atoms with Crippen LogP contribution in [0, 0.1) is 13.8 Å². The molecule has 0 unspecified atom stereocenters. The number of fused-ring (bicyclic) bond motifs is 6. The first-order valence-electron chi connectivity index (χ1n) is 25.0. The summed E-state index contributed by atoms with van der Waals surface area (Å²) in [5.74, 6) is 1.97. The number of halogens is 2. The van der Waals surface area contributed by atoms with Gasteiger partial charge in [-0.05, 0) is 98.2 Å². The second kappa shape index (κ2) is 17.5. The summed E-state index contributed by atoms with van der Waals surface area (Å²) >= 11 is 14.3. The van der Waals surface area contributed by atoms with Crippen LogP contribution in [0.25, 0.3) is 65.9 Å². The van der Waals surface area contributed by atoms with Crippen molar-refractivity contribution >= 4 is 90.3 Å². The lowest BCUT2D eigenvalue weighted by Gasteiger charge is -2.40. The van der Waals surface area contributed by atoms with Gasteiger partial charge in [-0.15, -0.1) is 0 Å². The lowest BCUT2D eigenvalue weighted by molar-refractivity contribution is -0.127. The van der Waals surface area contributed by atoms with E-state index in [-0.39, 0.29) is 47.4 Å². The Morgan fingerprint density at radius 2 is 1.05 bits per heavy atom. The van der Waals surface area contributed by atoms with Gasteiger partial charge in [0.05, 0.1) is 67.4 Å². The van der Waals surface area contributed by atoms with Crippen LogP contribution >= 0.6 is 23.2 Å². The van der Waals surface area contributed by atoms with Gasteiger partial charge in [-0.25, -0.2) is 9.59 Å². The Kier molecular flexibility index (Phi) is 10.9. The molecule has 14 rings (SSSR count). The molecule has 2 atom stereocenters. The van der Waals surface area contributed by atoms with E-state index in [1.807, 2.05) is 50.2 Å². The van der Waals surface area contributed by atoms with E-state index in [1.54, 1.807) is 31.3 Å². The number of nitrogens with one attached hydrogen (secondary N) is 2. The van der Waals surface area contributed by atoms with Crippen molar-refractivity contribution in [3.05, 3.63) is 116 Å². The lowest BCUT2D eigenvalue weighted by atomic mass is 9.95. The maximum atomic E-state index is 13.5. The molecule has 8 aromatic rings. The Bertz CT molecular complexity index is 3620. The Balaban J connectivity index is 0.000000143. The fourth-order valence-corrected chi connectivity index (χ4v) is 12.2. The predicted octanol–water partition coefficient (Wildman–Crippen LogP) is 7.66. The van der Waals surface area contributed by atoms with Crippen LogP contribution in [-0.2, 0) is 9.59 Å². The molecule has 0 spiro atoms. The molecule has 4 aromatic carbocycles. The molecule has 8 heterocycles. The number of rotatable bonds is 6. The third-order valence-electron chi connectivity index (χ3n) is 15.5. The van der Waals surface area contributed by atoms with Crippen LogP contribution in [0.15, 0.2) is 83.7 Å². The van der Waals surface area contributed by atoms with E-state index in [4.69, 9.17) is 32.7 Å². The highest BCUT2D eigenvalue weighted by atomic mass is 35.5. The molecule has 20 heteroatoms. The molecule has 2 saturated carbocycles. The van der Waals surface area contributed by atoms with E-state index in [9.17, 15) is 19.2 Å². The average Bonchev–Trinajstić information content (AvgIpc) is 4.35. The van der Waals surface area contributed by atoms with E-state index in [1.165, 1.54) is 12.2 Å². The van der Waals surface area contributed by atoms with Gasteiger partial charge in [-0.3, -0.25) is 28.9 Å². The van der Waals surface area contributed by atoms with E-state index >= 15 is 0 Å². The number of hydrogen-bond donors (Lipinski definition) is 2. The standard InChI is InChI=1S/2C27H25ClN6O3/c2*1-3-21(35)32-8-9-33-16(12-32)13-37-25-23-20(34(15-5-6-15)27(36)30-26(23)33)10-17(24(25)28)22-14(2)4-7-19-18(22)11-29-31-19/h2*3-4,7,10-11,15-16H,1,5-6,8-9,12-13H2,2H3,(H,29,31)/t2*16-/m00/s1. The Morgan fingerprint density at radius 3 is 1.45 bits per heavy atom. The molecule has 0 bridgehead atoms. The van der Waals surface area contributed by atoms with Crippen molar-refractivity contribution in [1.82, 2.24) is 49.3 Å². The molecular weight excluding hydrogens is 984 g/mol. The third-order valence-corrected chi connectivity index (χ3v) is 16.3. The molecule has 2 N–H and O–H groups in total. The molecule has 2 aliphatic carbocycles. The third kappa shape index (κ3) is 7.27. The van der Waals surface area contributed by atoms with Gasteiger partial charge in [-0.2, -0.15) is 20.2 Å². The summed E-state index contributed by atoms with van der Waals surface area (Å²) < 4.78 is 16.5. The number of benzene rings is 4. The van der Waals surface area contributed by atoms with E-state index in [0.29, 0.717) is 85.7 Å². The minimum atomic E-state index is -0.271. The van der Waals surface area contributed by atoms with Gasteiger partial charge in [0.1, 0.15) is 24.8 Å². The fourth-order valence-electron chi connectivity index (χ4n) is 11.6. The van der Waals surface area contributed by atoms with Crippen molar-refractivity contribution in [1.29, 1.82) is 0 Å². The number of aromatic amines is 2. The summed E-state index contributed by atoms with van der Waals surface area (Å²) in [6, 6.07) is 12.0. The van der Waals surface area contributed by atoms with Crippen LogP contribution in [0.5, 0.6) is 11.5 Å². The second-order valence-electron chi connectivity index (χ2n) is 20.0. The van der Waals surface area contributed by atoms with Crippen LogP contribution in [0.4, 0.5) is 11.6 Å². The van der Waals surface area contributed by atoms with Crippen LogP contribution in [-0.4, -0.2) is 126 Å². The van der Waals surface area contributed by atoms with Crippen molar-refractivity contribution in [3.8, 4) is 33.8 Å². The van der Waals surface area contributed by atoms with Gasteiger partial charge in [-0.1, -0.05) is 48.5 Å². The van der Waals surface area contributed by atoms with Gasteiger partial charge < -0.3 is 29.1 Å². The summed E-state index contributed by atoms with van der Waals surface area (Å²) in [6.07, 6.45) is 10.0. The maximum Gasteiger partial charge on any atom is 0.350 e. The minimum absolute atomic E-state index is 0.114. The molecule has 2 amide bonds. The van der Waals surface area contributed by atoms with Gasteiger partial charge in [0.15, 0.2) is 11.5 Å². The molecule has 4 fully saturated rings. The van der Waals surface area contributed by atoms with Crippen LogP contribution in [0.1, 0.15) is 48.9 Å². The summed E-state index contributed by atoms with van der Waals surface area (Å²) in [6.45, 7) is 14.9. The maximum absolute atomic E-state index is 13.5. The predicted molar refractivity (Wildman–Crippen MR) is 285 cm³/mol. The highest BCUT2D eigenvalue weighted by molar-refractivity contribution is 6.38. The van der Waals surface area contributed by atoms with Crippen LogP contribution < -0.4 is 30.7 Å². The van der Waals surface area contributed by atoms with Gasteiger partial charge >= 0.3 is 11.4 Å². The number of aryl methyl sites for hydroxylation is 2. The zero-order chi connectivity index (χ0) is 50.8. The lowest BCUT2D eigenvalue weighted by Crippen LogP contribution is -2.56. The van der Waals surface area contributed by atoms with Crippen molar-refractivity contribution in [3.63, 3.8) is 0 Å². The first-order valence-corrected chi connectivity index (χ1v) is 25.7. The van der Waals surface area contributed by atoms with E-state index in [0.717, 1.165) is 103 Å². The number of H-pyrrole nitrogens is 2. The Labute approximate surface area is 432 Å². The SMILES string of the molecule is C=CC(=O)N1CCN2c3nc(=O)n(C4CC4)c4cc(-c5c(C)ccc6[nH]ncc56)c(Cl)c(c34)OC[C@@H]2C1.C=CC(=O)N1CCN2c3nc(=O)n(C4CC4)c4cc(-c5c(C)ccc6[nH]ncc56)c(Cl)c(c34)OC[C@@H]2C1. The van der Waals surface area contributed by atoms with Gasteiger partial charge in [0.2, 0.25) is 11.8 Å². The quantitative estimate of drug-likeness (QED) is 0.155. The van der Waals surface area contributed by atoms with Crippen LogP contribution in [0.2, 0.25) is 10.0 Å². The molecule has 74 heavy (non-hydrogen) atoms. The van der Waals surface area contributed by atoms with Gasteiger partial charge in [0.25, 0.3) is 0 Å². The number of carbonyl (C=O) groups excluding carboxylic acids is 2. The molecule has 4 aliphatic heterocycles. The zero-order valence-electron chi connectivity index (χ0n) is 40.7. The number of amides is 2. The second-order valence-corrected chi connectivity index (χ2v) is 20.8. The summed E-state index contributed by atoms with van der Waals surface area (Å²) in [4.78, 5) is 68.5. The topological polar surface area (TPSA) is 193 Å². The van der Waals surface area contributed by atoms with Crippen molar-refractivity contribution < 1.29 is 19.1 Å². The monoisotopic (exact) mass is 1030 g/mol. The number of ether oxygens (including phenoxy) is 2. The Hall–Kier alpha value is -7.70. The number of piperazine rings is 2. The number of aromatic nitrogens is 8. The minimum Gasteiger partial charge on any atom is -0.489 e. The first-order chi connectivity index (χ1) is 35.9. The van der Waals surface area contributed by atoms with Gasteiger partial charge in [0, 0.05) is 73.3 Å². The van der Waals surface area contributed by atoms with Crippen molar-refractivity contribution in [2.45, 2.75) is 63.7 Å². The summed E-state index contributed by atoms with van der Waals surface area (Å²) in [5, 5.41) is 18.9. The van der Waals surface area contributed by atoms with Crippen molar-refractivity contribution in [2.75, 3.05) is 62.3 Å². The fraction of sp³-hybridized carbons (Fsp3) is 0.333. The molecular formula is C54H50Cl2N12O6. The number of anilines is 2. The zero-order valence-corrected chi connectivity index (χ0v) is 42.2. The molecule has 0 radical (unpaired) electrons. The summed E-state index contributed by atoms with van der Waals surface area (Å²) in [7, 11) is 0. The highest BCUT2D eigenvalue weighted by Crippen LogP contribution is 2.51. The number of hydrogen-bond acceptors (Lipinski definition) is 12. The highest BCUT2D eigenvalue weighted by Gasteiger charge is 2.40. The normalized spacial score (nSPS) is 19.0. The van der Waals surface area contributed by atoms with Crippen molar-refractivity contribution in [2.24, 2.45) is 0 Å². The molecule has 4 aromatic heterocycles. The smallest absolute Gasteiger partial charge is 0.350 e. The number of nitrogens with zero attached hydrogens (tertiary/aromatic N) is 10. The largest absolute Gasteiger partial charge is 0.489 e. The summed E-state index contributed by atoms with van der Waals surface area (Å²) in [5.41, 5.74) is 8.40. The molecule has 2 saturated heterocycles. The average molecular weight is 1030 g/mol. The molecule has 18 nitrogen and oxygen atoms in total. The first kappa shape index (κ1) is 46.1. The molecule has 6 aliphatic rings. The van der Waals surface area contributed by atoms with Crippen LogP contribution in [0.3, 0.4) is 0 Å².